The fraction of sp³-hybridized carbons (Fsp3) is 0.263. The van der Waals surface area contributed by atoms with Crippen molar-refractivity contribution in [3.63, 3.8) is 0 Å². The van der Waals surface area contributed by atoms with Gasteiger partial charge < -0.3 is 16.2 Å². The first-order valence-corrected chi connectivity index (χ1v) is 12.4. The third-order valence-electron chi connectivity index (χ3n) is 5.29. The largest absolute Gasteiger partial charge is 0.386 e. The predicted molar refractivity (Wildman–Crippen MR) is 127 cm³/mol. The molecule has 160 valence electrons. The van der Waals surface area contributed by atoms with Crippen LogP contribution in [-0.2, 0) is 11.1 Å². The number of tetrazole rings is 1. The van der Waals surface area contributed by atoms with E-state index in [9.17, 15) is 5.11 Å². The summed E-state index contributed by atoms with van der Waals surface area (Å²) in [4.78, 5) is 6.30. The summed E-state index contributed by atoms with van der Waals surface area (Å²) in [6, 6.07) is 10.1. The Hall–Kier alpha value is -2.22. The lowest BCUT2D eigenvalue weighted by atomic mass is 9.98. The van der Waals surface area contributed by atoms with Crippen LogP contribution in [0.5, 0.6) is 0 Å². The lowest BCUT2D eigenvalue weighted by Gasteiger charge is -2.36. The topological polar surface area (TPSA) is 138 Å². The molecule has 31 heavy (non-hydrogen) atoms. The van der Waals surface area contributed by atoms with Crippen LogP contribution < -0.4 is 15.8 Å². The van der Waals surface area contributed by atoms with Crippen LogP contribution in [-0.4, -0.2) is 62.2 Å². The second kappa shape index (κ2) is 8.04. The molecule has 1 fully saturated rings. The molecule has 0 spiro atoms. The van der Waals surface area contributed by atoms with Gasteiger partial charge in [-0.3, -0.25) is 0 Å². The Balaban J connectivity index is 1.60. The molecule has 3 heterocycles. The number of aromatic amines is 1. The van der Waals surface area contributed by atoms with Crippen molar-refractivity contribution in [1.29, 1.82) is 0 Å². The van der Waals surface area contributed by atoms with E-state index in [1.165, 1.54) is 11.3 Å². The number of hydrogen-bond acceptors (Lipinski definition) is 10. The van der Waals surface area contributed by atoms with Gasteiger partial charge in [-0.05, 0) is 29.0 Å². The summed E-state index contributed by atoms with van der Waals surface area (Å²) in [5.74, 6) is 0.459. The fourth-order valence-corrected chi connectivity index (χ4v) is 6.35. The number of nitrogens with two attached hydrogens (primary N) is 1. The zero-order chi connectivity index (χ0) is 21.6. The Bertz CT molecular complexity index is 1240. The molecule has 0 aliphatic carbocycles. The lowest BCUT2D eigenvalue weighted by Crippen LogP contribution is -2.64. The quantitative estimate of drug-likeness (QED) is 0.183. The maximum absolute atomic E-state index is 10.4. The maximum Gasteiger partial charge on any atom is 0.206 e. The molecule has 12 heteroatoms. The molecule has 0 saturated carbocycles. The highest BCUT2D eigenvalue weighted by Gasteiger charge is 2.37. The highest BCUT2D eigenvalue weighted by molar-refractivity contribution is 7.95. The van der Waals surface area contributed by atoms with Gasteiger partial charge in [0.25, 0.3) is 0 Å². The second-order valence-electron chi connectivity index (χ2n) is 7.43. The molecule has 2 aromatic heterocycles. The number of nitrogen functional groups attached to an aromatic ring is 1. The average Bonchev–Trinajstić information content (AvgIpc) is 3.38. The number of hydrogen-bond donors (Lipinski definition) is 6. The maximum atomic E-state index is 10.4. The molecule has 1 saturated heterocycles. The highest BCUT2D eigenvalue weighted by Crippen LogP contribution is 2.41. The Morgan fingerprint density at radius 2 is 2.13 bits per heavy atom. The first-order chi connectivity index (χ1) is 15.0. The van der Waals surface area contributed by atoms with Crippen molar-refractivity contribution in [3.05, 3.63) is 30.3 Å². The Kier molecular flexibility index (Phi) is 5.36. The summed E-state index contributed by atoms with van der Waals surface area (Å²) in [6.45, 7) is 1.70. The standard InChI is InChI=1S/C19H20N8OS3/c1-31(22-9-19(28)7-21-8-19)13-6-5-10(14(16(13)29)17-24-26-27-25-17)11-3-2-4-12-15(11)23-18(20)30-12/h2-6,21-22,28H,7-9H2,1H3,(H3-,20,23,24,25,26,27,29)/p+1. The molecule has 0 bridgehead atoms. The Morgan fingerprint density at radius 1 is 1.29 bits per heavy atom. The molecular formula is C19H21N8OS3+. The van der Waals surface area contributed by atoms with Crippen LogP contribution in [0.25, 0.3) is 32.7 Å². The number of anilines is 1. The van der Waals surface area contributed by atoms with Crippen LogP contribution >= 0.6 is 24.0 Å². The van der Waals surface area contributed by atoms with E-state index in [-0.39, 0.29) is 11.1 Å². The Labute approximate surface area is 190 Å². The number of H-pyrrole nitrogens is 1. The summed E-state index contributed by atoms with van der Waals surface area (Å²) in [6.07, 6.45) is 2.08. The van der Waals surface area contributed by atoms with Crippen LogP contribution in [0.1, 0.15) is 0 Å². The van der Waals surface area contributed by atoms with Gasteiger partial charge in [-0.1, -0.05) is 23.5 Å². The van der Waals surface area contributed by atoms with Crippen molar-refractivity contribution in [2.45, 2.75) is 15.4 Å². The number of rotatable bonds is 6. The second-order valence-corrected chi connectivity index (χ2v) is 10.7. The Morgan fingerprint density at radius 3 is 2.84 bits per heavy atom. The van der Waals surface area contributed by atoms with Crippen molar-refractivity contribution in [1.82, 2.24) is 35.6 Å². The summed E-state index contributed by atoms with van der Waals surface area (Å²) in [5.41, 5.74) is 8.73. The summed E-state index contributed by atoms with van der Waals surface area (Å²) < 4.78 is 4.46. The van der Waals surface area contributed by atoms with Crippen LogP contribution in [0.3, 0.4) is 0 Å². The minimum Gasteiger partial charge on any atom is -0.386 e. The van der Waals surface area contributed by atoms with Crippen molar-refractivity contribution in [2.24, 2.45) is 0 Å². The van der Waals surface area contributed by atoms with Crippen LogP contribution in [0.2, 0.25) is 0 Å². The minimum atomic E-state index is -0.700. The molecule has 5 rings (SSSR count). The van der Waals surface area contributed by atoms with Gasteiger partial charge in [-0.2, -0.15) is 5.21 Å². The van der Waals surface area contributed by atoms with E-state index in [1.54, 1.807) is 0 Å². The number of thiazole rings is 1. The molecule has 9 nitrogen and oxygen atoms in total. The highest BCUT2D eigenvalue weighted by atomic mass is 32.2. The zero-order valence-corrected chi connectivity index (χ0v) is 19.1. The normalized spacial score (nSPS) is 16.4. The van der Waals surface area contributed by atoms with Crippen molar-refractivity contribution in [3.8, 4) is 22.5 Å². The molecule has 1 unspecified atom stereocenters. The van der Waals surface area contributed by atoms with Gasteiger partial charge in [-0.25, -0.2) is 4.98 Å². The number of fused-ring (bicyclic) bond motifs is 1. The fourth-order valence-electron chi connectivity index (χ4n) is 3.58. The van der Waals surface area contributed by atoms with Crippen molar-refractivity contribution >= 4 is 50.4 Å². The molecular weight excluding hydrogens is 452 g/mol. The molecule has 6 N–H and O–H groups in total. The number of aromatic nitrogens is 5. The summed E-state index contributed by atoms with van der Waals surface area (Å²) >= 11 is 5.99. The van der Waals surface area contributed by atoms with Crippen molar-refractivity contribution in [2.75, 3.05) is 31.6 Å². The van der Waals surface area contributed by atoms with Crippen LogP contribution in [0.4, 0.5) is 5.13 Å². The monoisotopic (exact) mass is 473 g/mol. The van der Waals surface area contributed by atoms with E-state index in [2.05, 4.69) is 48.0 Å². The third kappa shape index (κ3) is 3.79. The molecule has 0 radical (unpaired) electrons. The SMILES string of the molecule is C[S+](NCC1(O)CNC1)c1ccc(-c2cccc3sc(N)nc23)c(-c2nn[nH]n2)c1S. The van der Waals surface area contributed by atoms with E-state index >= 15 is 0 Å². The number of benzene rings is 2. The minimum absolute atomic E-state index is 0.353. The van der Waals surface area contributed by atoms with E-state index in [0.717, 1.165) is 36.7 Å². The van der Waals surface area contributed by atoms with Gasteiger partial charge >= 0.3 is 0 Å². The first kappa shape index (κ1) is 20.7. The van der Waals surface area contributed by atoms with E-state index in [0.29, 0.717) is 30.6 Å². The third-order valence-corrected chi connectivity index (χ3v) is 8.33. The number of nitrogens with zero attached hydrogens (tertiary/aromatic N) is 4. The molecule has 1 aliphatic rings. The van der Waals surface area contributed by atoms with Gasteiger partial charge in [0.2, 0.25) is 5.82 Å². The van der Waals surface area contributed by atoms with Gasteiger partial charge in [0, 0.05) is 24.2 Å². The number of thiol groups is 1. The number of para-hydroxylation sites is 1. The molecule has 1 aliphatic heterocycles. The smallest absolute Gasteiger partial charge is 0.206 e. The number of nitrogens with one attached hydrogen (secondary N) is 3. The van der Waals surface area contributed by atoms with E-state index < -0.39 is 5.60 Å². The van der Waals surface area contributed by atoms with Crippen molar-refractivity contribution < 1.29 is 5.11 Å². The molecule has 0 amide bonds. The lowest BCUT2D eigenvalue weighted by molar-refractivity contribution is -0.00360. The summed E-state index contributed by atoms with van der Waals surface area (Å²) in [7, 11) is 0. The molecule has 4 aromatic rings. The van der Waals surface area contributed by atoms with Gasteiger partial charge in [0.15, 0.2) is 10.0 Å². The van der Waals surface area contributed by atoms with Gasteiger partial charge in [-0.15, -0.1) is 27.5 Å². The van der Waals surface area contributed by atoms with E-state index in [4.69, 9.17) is 18.4 Å². The number of β-amino-alcohol motifs (C(OH)–C–C–N with tert-alkyl or cyclic N) is 1. The first-order valence-electron chi connectivity index (χ1n) is 9.53. The van der Waals surface area contributed by atoms with Crippen LogP contribution in [0, 0.1) is 0 Å². The van der Waals surface area contributed by atoms with E-state index in [1.807, 2.05) is 24.3 Å². The average molecular weight is 474 g/mol. The number of aliphatic hydroxyl groups is 1. The van der Waals surface area contributed by atoms with Crippen LogP contribution in [0.15, 0.2) is 40.1 Å². The van der Waals surface area contributed by atoms with Gasteiger partial charge in [0.1, 0.15) is 22.9 Å². The van der Waals surface area contributed by atoms with Gasteiger partial charge in [0.05, 0.1) is 21.7 Å². The zero-order valence-electron chi connectivity index (χ0n) is 16.6. The molecule has 2 aromatic carbocycles. The predicted octanol–water partition coefficient (Wildman–Crippen LogP) is 1.46. The summed E-state index contributed by atoms with van der Waals surface area (Å²) in [5, 5.41) is 28.7. The molecule has 1 atom stereocenters.